The van der Waals surface area contributed by atoms with Crippen molar-refractivity contribution in [2.45, 2.75) is 17.3 Å². The standard InChI is InChI=1S/C22H22O3S/c1-25-26(24)22(19-15-9-4-10-16-19)20(17-11-5-2-6-12-17)21(23)18-13-7-3-8-14-18/h2-16,20-23H,1H3. The maximum atomic E-state index is 12.8. The summed E-state index contributed by atoms with van der Waals surface area (Å²) in [4.78, 5) is 0. The second kappa shape index (κ2) is 8.90. The molecule has 0 bridgehead atoms. The third kappa shape index (κ3) is 4.10. The van der Waals surface area contributed by atoms with Crippen LogP contribution >= 0.6 is 0 Å². The zero-order chi connectivity index (χ0) is 18.4. The maximum absolute atomic E-state index is 12.8. The summed E-state index contributed by atoms with van der Waals surface area (Å²) in [5.74, 6) is -0.415. The van der Waals surface area contributed by atoms with Gasteiger partial charge in [0.1, 0.15) is 0 Å². The molecule has 3 rings (SSSR count). The Labute approximate surface area is 156 Å². The quantitative estimate of drug-likeness (QED) is 0.667. The van der Waals surface area contributed by atoms with Crippen LogP contribution in [0.3, 0.4) is 0 Å². The van der Waals surface area contributed by atoms with Crippen molar-refractivity contribution in [2.24, 2.45) is 0 Å². The lowest BCUT2D eigenvalue weighted by Crippen LogP contribution is -2.23. The van der Waals surface area contributed by atoms with E-state index in [4.69, 9.17) is 4.18 Å². The van der Waals surface area contributed by atoms with Crippen LogP contribution in [0.4, 0.5) is 0 Å². The number of benzene rings is 3. The molecule has 0 aliphatic heterocycles. The minimum atomic E-state index is -1.60. The van der Waals surface area contributed by atoms with Crippen molar-refractivity contribution in [3.05, 3.63) is 108 Å². The normalized spacial score (nSPS) is 15.8. The molecule has 134 valence electrons. The molecule has 0 aromatic heterocycles. The summed E-state index contributed by atoms with van der Waals surface area (Å²) in [5, 5.41) is 10.7. The summed E-state index contributed by atoms with van der Waals surface area (Å²) in [6, 6.07) is 28.8. The fourth-order valence-corrected chi connectivity index (χ4v) is 4.37. The predicted octanol–water partition coefficient (Wildman–Crippen LogP) is 4.56. The average molecular weight is 366 g/mol. The Kier molecular flexibility index (Phi) is 6.34. The topological polar surface area (TPSA) is 46.5 Å². The molecule has 0 saturated heterocycles. The van der Waals surface area contributed by atoms with Crippen LogP contribution in [-0.2, 0) is 15.3 Å². The molecule has 3 aromatic carbocycles. The van der Waals surface area contributed by atoms with Crippen LogP contribution in [0.1, 0.15) is 34.0 Å². The summed E-state index contributed by atoms with van der Waals surface area (Å²) in [7, 11) is 1.43. The monoisotopic (exact) mass is 366 g/mol. The Balaban J connectivity index is 2.13. The maximum Gasteiger partial charge on any atom is 0.163 e. The van der Waals surface area contributed by atoms with E-state index >= 15 is 0 Å². The average Bonchev–Trinajstić information content (AvgIpc) is 2.73. The third-order valence-electron chi connectivity index (χ3n) is 4.49. The van der Waals surface area contributed by atoms with Gasteiger partial charge in [-0.15, -0.1) is 0 Å². The van der Waals surface area contributed by atoms with Gasteiger partial charge in [-0.3, -0.25) is 4.18 Å². The van der Waals surface area contributed by atoms with Crippen LogP contribution in [0.2, 0.25) is 0 Å². The van der Waals surface area contributed by atoms with Gasteiger partial charge in [0.15, 0.2) is 11.1 Å². The highest BCUT2D eigenvalue weighted by molar-refractivity contribution is 7.80. The first-order chi connectivity index (χ1) is 12.7. The molecular formula is C22H22O3S. The molecule has 3 nitrogen and oxygen atoms in total. The number of aliphatic hydroxyl groups is 1. The van der Waals surface area contributed by atoms with Crippen molar-refractivity contribution in [1.29, 1.82) is 0 Å². The number of hydrogen-bond acceptors (Lipinski definition) is 3. The Bertz CT molecular complexity index is 822. The minimum Gasteiger partial charge on any atom is -0.388 e. The Hall–Kier alpha value is -2.27. The molecule has 0 spiro atoms. The molecule has 0 aliphatic carbocycles. The molecule has 4 unspecified atom stereocenters. The van der Waals surface area contributed by atoms with Gasteiger partial charge in [-0.25, -0.2) is 4.21 Å². The second-order valence-electron chi connectivity index (χ2n) is 6.05. The highest BCUT2D eigenvalue weighted by Crippen LogP contribution is 2.44. The molecule has 0 heterocycles. The SMILES string of the molecule is COS(=O)C(c1ccccc1)C(c1ccccc1)C(O)c1ccccc1. The predicted molar refractivity (Wildman–Crippen MR) is 105 cm³/mol. The molecule has 0 fully saturated rings. The zero-order valence-corrected chi connectivity index (χ0v) is 15.4. The summed E-state index contributed by atoms with van der Waals surface area (Å²) in [6.07, 6.45) is -0.817. The number of aliphatic hydroxyl groups excluding tert-OH is 1. The van der Waals surface area contributed by atoms with E-state index < -0.39 is 28.4 Å². The van der Waals surface area contributed by atoms with Crippen molar-refractivity contribution in [3.63, 3.8) is 0 Å². The molecule has 0 radical (unpaired) electrons. The van der Waals surface area contributed by atoms with Gasteiger partial charge in [0, 0.05) is 5.92 Å². The molecular weight excluding hydrogens is 344 g/mol. The Morgan fingerprint density at radius 3 is 1.62 bits per heavy atom. The second-order valence-corrected chi connectivity index (χ2v) is 7.41. The third-order valence-corrected chi connectivity index (χ3v) is 5.80. The fraction of sp³-hybridized carbons (Fsp3) is 0.182. The van der Waals surface area contributed by atoms with E-state index in [-0.39, 0.29) is 0 Å². The number of hydrogen-bond donors (Lipinski definition) is 1. The van der Waals surface area contributed by atoms with Gasteiger partial charge in [0.05, 0.1) is 18.5 Å². The molecule has 4 heteroatoms. The first-order valence-corrected chi connectivity index (χ1v) is 9.64. The lowest BCUT2D eigenvalue weighted by Gasteiger charge is -2.30. The first-order valence-electron chi connectivity index (χ1n) is 8.50. The van der Waals surface area contributed by atoms with Crippen molar-refractivity contribution in [3.8, 4) is 0 Å². The van der Waals surface area contributed by atoms with E-state index in [1.807, 2.05) is 91.0 Å². The Morgan fingerprint density at radius 1 is 0.731 bits per heavy atom. The Morgan fingerprint density at radius 2 is 1.15 bits per heavy atom. The van der Waals surface area contributed by atoms with Gasteiger partial charge < -0.3 is 5.11 Å². The largest absolute Gasteiger partial charge is 0.388 e. The van der Waals surface area contributed by atoms with Crippen LogP contribution in [0, 0.1) is 0 Å². The van der Waals surface area contributed by atoms with E-state index in [2.05, 4.69) is 0 Å². The van der Waals surface area contributed by atoms with Crippen LogP contribution < -0.4 is 0 Å². The molecule has 3 aromatic rings. The van der Waals surface area contributed by atoms with Gasteiger partial charge >= 0.3 is 0 Å². The van der Waals surface area contributed by atoms with Gasteiger partial charge in [-0.1, -0.05) is 91.0 Å². The smallest absolute Gasteiger partial charge is 0.163 e. The van der Waals surface area contributed by atoms with E-state index in [9.17, 15) is 9.32 Å². The summed E-state index contributed by atoms with van der Waals surface area (Å²) in [5.41, 5.74) is 2.58. The summed E-state index contributed by atoms with van der Waals surface area (Å²) < 4.78 is 18.1. The highest BCUT2D eigenvalue weighted by Gasteiger charge is 2.36. The van der Waals surface area contributed by atoms with E-state index in [0.29, 0.717) is 0 Å². The molecule has 0 amide bonds. The molecule has 0 saturated carbocycles. The number of rotatable bonds is 7. The fourth-order valence-electron chi connectivity index (χ4n) is 3.24. The van der Waals surface area contributed by atoms with Gasteiger partial charge in [-0.2, -0.15) is 0 Å². The van der Waals surface area contributed by atoms with Crippen LogP contribution in [0.5, 0.6) is 0 Å². The van der Waals surface area contributed by atoms with Gasteiger partial charge in [0.2, 0.25) is 0 Å². The first kappa shape index (κ1) is 18.5. The van der Waals surface area contributed by atoms with Gasteiger partial charge in [-0.05, 0) is 16.7 Å². The van der Waals surface area contributed by atoms with Crippen LogP contribution in [0.25, 0.3) is 0 Å². The lowest BCUT2D eigenvalue weighted by molar-refractivity contribution is 0.141. The van der Waals surface area contributed by atoms with E-state index in [1.54, 1.807) is 0 Å². The van der Waals surface area contributed by atoms with Crippen molar-refractivity contribution in [2.75, 3.05) is 7.11 Å². The van der Waals surface area contributed by atoms with E-state index in [0.717, 1.165) is 16.7 Å². The molecule has 0 aliphatic rings. The van der Waals surface area contributed by atoms with Crippen molar-refractivity contribution in [1.82, 2.24) is 0 Å². The highest BCUT2D eigenvalue weighted by atomic mass is 32.2. The summed E-state index contributed by atoms with van der Waals surface area (Å²) in [6.45, 7) is 0. The van der Waals surface area contributed by atoms with Crippen molar-refractivity contribution >= 4 is 11.1 Å². The summed E-state index contributed by atoms with van der Waals surface area (Å²) >= 11 is -1.60. The van der Waals surface area contributed by atoms with Crippen LogP contribution in [0.15, 0.2) is 91.0 Å². The molecule has 26 heavy (non-hydrogen) atoms. The molecule has 4 atom stereocenters. The van der Waals surface area contributed by atoms with Crippen LogP contribution in [-0.4, -0.2) is 16.4 Å². The lowest BCUT2D eigenvalue weighted by atomic mass is 9.84. The van der Waals surface area contributed by atoms with E-state index in [1.165, 1.54) is 7.11 Å². The zero-order valence-electron chi connectivity index (χ0n) is 14.6. The minimum absolute atomic E-state index is 0.415. The van der Waals surface area contributed by atoms with Crippen molar-refractivity contribution < 1.29 is 13.5 Å². The molecule has 1 N–H and O–H groups in total. The van der Waals surface area contributed by atoms with Gasteiger partial charge in [0.25, 0.3) is 0 Å².